The van der Waals surface area contributed by atoms with E-state index in [1.165, 1.54) is 12.1 Å². The van der Waals surface area contributed by atoms with Crippen LogP contribution in [0.1, 0.15) is 35.3 Å². The zero-order valence-corrected chi connectivity index (χ0v) is 13.0. The summed E-state index contributed by atoms with van der Waals surface area (Å²) in [6.07, 6.45) is 0. The molecule has 1 amide bonds. The van der Waals surface area contributed by atoms with Crippen LogP contribution in [0.25, 0.3) is 5.57 Å². The monoisotopic (exact) mass is 307 g/mol. The molecule has 4 nitrogen and oxygen atoms in total. The summed E-state index contributed by atoms with van der Waals surface area (Å²) in [6, 6.07) is 13.9. The molecule has 2 aromatic rings. The van der Waals surface area contributed by atoms with Gasteiger partial charge in [0.25, 0.3) is 5.91 Å². The summed E-state index contributed by atoms with van der Waals surface area (Å²) in [5, 5.41) is 12.5. The summed E-state index contributed by atoms with van der Waals surface area (Å²) in [6.45, 7) is 3.69. The number of rotatable bonds is 3. The Morgan fingerprint density at radius 1 is 1.04 bits per heavy atom. The fourth-order valence-corrected chi connectivity index (χ4v) is 2.78. The van der Waals surface area contributed by atoms with E-state index >= 15 is 0 Å². The van der Waals surface area contributed by atoms with Crippen molar-refractivity contribution in [3.8, 4) is 5.75 Å². The van der Waals surface area contributed by atoms with Crippen LogP contribution in [0, 0.1) is 0 Å². The lowest BCUT2D eigenvalue weighted by atomic mass is 9.97. The first-order chi connectivity index (χ1) is 11.0. The molecule has 4 heteroatoms. The van der Waals surface area contributed by atoms with E-state index in [-0.39, 0.29) is 29.1 Å². The van der Waals surface area contributed by atoms with Crippen LogP contribution in [0.3, 0.4) is 0 Å². The molecule has 1 aliphatic carbocycles. The molecule has 116 valence electrons. The van der Waals surface area contributed by atoms with Gasteiger partial charge in [-0.05, 0) is 43.2 Å². The van der Waals surface area contributed by atoms with Crippen LogP contribution in [0.15, 0.2) is 54.1 Å². The molecule has 0 unspecified atom stereocenters. The molecular formula is C19H17NO3. The van der Waals surface area contributed by atoms with E-state index in [0.717, 1.165) is 5.56 Å². The molecule has 0 saturated heterocycles. The van der Waals surface area contributed by atoms with Crippen molar-refractivity contribution in [2.45, 2.75) is 19.9 Å². The topological polar surface area (TPSA) is 66.4 Å². The number of phenolic OH excluding ortho intramolecular Hbond substituents is 1. The number of hydrogen-bond acceptors (Lipinski definition) is 3. The highest BCUT2D eigenvalue weighted by Gasteiger charge is 2.34. The summed E-state index contributed by atoms with van der Waals surface area (Å²) in [4.78, 5) is 25.3. The molecule has 2 N–H and O–H groups in total. The van der Waals surface area contributed by atoms with E-state index in [9.17, 15) is 14.7 Å². The Morgan fingerprint density at radius 3 is 2.39 bits per heavy atom. The number of amides is 1. The molecule has 0 saturated carbocycles. The molecule has 0 radical (unpaired) electrons. The van der Waals surface area contributed by atoms with Gasteiger partial charge in [-0.25, -0.2) is 0 Å². The van der Waals surface area contributed by atoms with Gasteiger partial charge in [-0.2, -0.15) is 0 Å². The van der Waals surface area contributed by atoms with Crippen LogP contribution in [0.4, 0.5) is 0 Å². The van der Waals surface area contributed by atoms with Crippen LogP contribution in [-0.4, -0.2) is 22.8 Å². The van der Waals surface area contributed by atoms with Crippen molar-refractivity contribution in [1.29, 1.82) is 0 Å². The van der Waals surface area contributed by atoms with Crippen LogP contribution < -0.4 is 5.32 Å². The van der Waals surface area contributed by atoms with Crippen LogP contribution in [0.5, 0.6) is 5.75 Å². The molecule has 0 aromatic heterocycles. The van der Waals surface area contributed by atoms with Crippen molar-refractivity contribution >= 4 is 17.3 Å². The summed E-state index contributed by atoms with van der Waals surface area (Å²) in [5.41, 5.74) is 2.58. The van der Waals surface area contributed by atoms with Gasteiger partial charge in [-0.1, -0.05) is 30.3 Å². The van der Waals surface area contributed by atoms with Crippen molar-refractivity contribution < 1.29 is 14.7 Å². The van der Waals surface area contributed by atoms with Gasteiger partial charge in [0.05, 0.1) is 5.57 Å². The van der Waals surface area contributed by atoms with Gasteiger partial charge in [0, 0.05) is 17.2 Å². The second kappa shape index (κ2) is 5.72. The number of nitrogens with one attached hydrogen (secondary N) is 1. The van der Waals surface area contributed by atoms with E-state index < -0.39 is 0 Å². The summed E-state index contributed by atoms with van der Waals surface area (Å²) < 4.78 is 0. The largest absolute Gasteiger partial charge is 0.508 e. The summed E-state index contributed by atoms with van der Waals surface area (Å²) in [5.74, 6) is -0.734. The molecule has 0 spiro atoms. The van der Waals surface area contributed by atoms with Crippen LogP contribution in [0.2, 0.25) is 0 Å². The number of benzene rings is 2. The third-order valence-electron chi connectivity index (χ3n) is 3.70. The lowest BCUT2D eigenvalue weighted by molar-refractivity contribution is -0.117. The normalized spacial score (nSPS) is 13.4. The van der Waals surface area contributed by atoms with Crippen molar-refractivity contribution in [3.63, 3.8) is 0 Å². The minimum Gasteiger partial charge on any atom is -0.508 e. The van der Waals surface area contributed by atoms with E-state index in [2.05, 4.69) is 5.32 Å². The van der Waals surface area contributed by atoms with Gasteiger partial charge in [0.1, 0.15) is 5.75 Å². The standard InChI is InChI=1S/C19H17NO3/c1-11(2)20-19(23)17-16(12-6-4-3-5-7-12)14-9-8-13(21)10-15(14)18(17)22/h3-11,21H,1-2H3,(H,20,23). The van der Waals surface area contributed by atoms with E-state index in [4.69, 9.17) is 0 Å². The molecule has 0 atom stereocenters. The SMILES string of the molecule is CC(C)NC(=O)C1=C(c2ccccc2)c2ccc(O)cc2C1=O. The first-order valence-corrected chi connectivity index (χ1v) is 7.47. The molecule has 2 aromatic carbocycles. The van der Waals surface area contributed by atoms with Crippen molar-refractivity contribution in [1.82, 2.24) is 5.32 Å². The maximum Gasteiger partial charge on any atom is 0.256 e. The highest BCUT2D eigenvalue weighted by atomic mass is 16.3. The quantitative estimate of drug-likeness (QED) is 0.857. The molecule has 0 fully saturated rings. The zero-order chi connectivity index (χ0) is 16.6. The van der Waals surface area contributed by atoms with Crippen molar-refractivity contribution in [3.05, 3.63) is 70.8 Å². The number of ketones is 1. The van der Waals surface area contributed by atoms with Gasteiger partial charge in [0.2, 0.25) is 0 Å². The second-order valence-electron chi connectivity index (χ2n) is 5.80. The van der Waals surface area contributed by atoms with E-state index in [1.807, 2.05) is 44.2 Å². The lowest BCUT2D eigenvalue weighted by Crippen LogP contribution is -2.33. The fraction of sp³-hybridized carbons (Fsp3) is 0.158. The van der Waals surface area contributed by atoms with E-state index in [0.29, 0.717) is 16.7 Å². The van der Waals surface area contributed by atoms with Crippen molar-refractivity contribution in [2.24, 2.45) is 0 Å². The average molecular weight is 307 g/mol. The number of aromatic hydroxyl groups is 1. The maximum absolute atomic E-state index is 12.7. The van der Waals surface area contributed by atoms with Gasteiger partial charge in [-0.15, -0.1) is 0 Å². The molecule has 1 aliphatic rings. The highest BCUT2D eigenvalue weighted by molar-refractivity contribution is 6.36. The Bertz CT molecular complexity index is 820. The molecule has 0 heterocycles. The Labute approximate surface area is 134 Å². The van der Waals surface area contributed by atoms with E-state index in [1.54, 1.807) is 6.07 Å². The second-order valence-corrected chi connectivity index (χ2v) is 5.80. The predicted molar refractivity (Wildman–Crippen MR) is 88.2 cm³/mol. The average Bonchev–Trinajstić information content (AvgIpc) is 2.80. The third-order valence-corrected chi connectivity index (χ3v) is 3.70. The first kappa shape index (κ1) is 15.0. The van der Waals surface area contributed by atoms with Crippen LogP contribution in [-0.2, 0) is 4.79 Å². The molecule has 0 aliphatic heterocycles. The predicted octanol–water partition coefficient (Wildman–Crippen LogP) is 2.92. The van der Waals surface area contributed by atoms with Gasteiger partial charge in [-0.3, -0.25) is 9.59 Å². The number of Topliss-reactive ketones (excluding diaryl/α,β-unsaturated/α-hetero) is 1. The van der Waals surface area contributed by atoms with Crippen LogP contribution >= 0.6 is 0 Å². The van der Waals surface area contributed by atoms with Gasteiger partial charge in [0.15, 0.2) is 5.78 Å². The van der Waals surface area contributed by atoms with Gasteiger partial charge >= 0.3 is 0 Å². The molecule has 0 bridgehead atoms. The Hall–Kier alpha value is -2.88. The number of carbonyl (C=O) groups is 2. The number of carbonyl (C=O) groups excluding carboxylic acids is 2. The molecule has 3 rings (SSSR count). The van der Waals surface area contributed by atoms with Gasteiger partial charge < -0.3 is 10.4 Å². The van der Waals surface area contributed by atoms with Crippen molar-refractivity contribution in [2.75, 3.05) is 0 Å². The maximum atomic E-state index is 12.7. The first-order valence-electron chi connectivity index (χ1n) is 7.47. The zero-order valence-electron chi connectivity index (χ0n) is 13.0. The highest BCUT2D eigenvalue weighted by Crippen LogP contribution is 2.38. The number of phenols is 1. The Kier molecular flexibility index (Phi) is 3.74. The Balaban J connectivity index is 2.22. The number of fused-ring (bicyclic) bond motifs is 1. The molecular weight excluding hydrogens is 290 g/mol. The third kappa shape index (κ3) is 2.63. The lowest BCUT2D eigenvalue weighted by Gasteiger charge is -2.11. The smallest absolute Gasteiger partial charge is 0.256 e. The minimum atomic E-state index is -0.389. The number of hydrogen-bond donors (Lipinski definition) is 2. The summed E-state index contributed by atoms with van der Waals surface area (Å²) in [7, 11) is 0. The molecule has 23 heavy (non-hydrogen) atoms. The minimum absolute atomic E-state index is 0.00929. The fourth-order valence-electron chi connectivity index (χ4n) is 2.78. The Morgan fingerprint density at radius 2 is 1.74 bits per heavy atom. The summed E-state index contributed by atoms with van der Waals surface area (Å²) >= 11 is 0.